The normalized spacial score (nSPS) is 44.3. The van der Waals surface area contributed by atoms with Gasteiger partial charge in [-0.25, -0.2) is 0 Å². The summed E-state index contributed by atoms with van der Waals surface area (Å²) in [6.45, 7) is 6.97. The first-order chi connectivity index (χ1) is 8.65. The fourth-order valence-corrected chi connectivity index (χ4v) is 2.81. The minimum absolute atomic E-state index is 0. The van der Waals surface area contributed by atoms with Crippen molar-refractivity contribution in [1.29, 1.82) is 0 Å². The molecule has 3 rings (SSSR count). The van der Waals surface area contributed by atoms with Gasteiger partial charge in [0.15, 0.2) is 11.6 Å². The van der Waals surface area contributed by atoms with Crippen LogP contribution in [0.15, 0.2) is 0 Å². The molecule has 3 aliphatic heterocycles. The van der Waals surface area contributed by atoms with Crippen molar-refractivity contribution in [2.45, 2.75) is 63.4 Å². The van der Waals surface area contributed by atoms with E-state index in [-0.39, 0.29) is 36.2 Å². The molecule has 8 heteroatoms. The van der Waals surface area contributed by atoms with Crippen LogP contribution in [-0.2, 0) is 28.5 Å². The quantitative estimate of drug-likeness (QED) is 0.458. The molecular weight excluding hydrogens is 279 g/mol. The van der Waals surface area contributed by atoms with Gasteiger partial charge >= 0.3 is 29.6 Å². The Morgan fingerprint density at radius 1 is 1.10 bits per heavy atom. The average molecular weight is 296 g/mol. The maximum absolute atomic E-state index is 11.5. The van der Waals surface area contributed by atoms with E-state index in [9.17, 15) is 9.90 Å². The number of carbonyl (C=O) groups is 1. The first-order valence-corrected chi connectivity index (χ1v) is 6.24. The molecule has 0 bridgehead atoms. The fraction of sp³-hybridized carbons (Fsp3) is 0.917. The average Bonchev–Trinajstić information content (AvgIpc) is 2.67. The van der Waals surface area contributed by atoms with Crippen molar-refractivity contribution in [1.82, 2.24) is 0 Å². The molecule has 0 aromatic heterocycles. The molecule has 0 radical (unpaired) electrons. The zero-order valence-electron chi connectivity index (χ0n) is 12.3. The Balaban J connectivity index is 0.00000147. The van der Waals surface area contributed by atoms with Crippen LogP contribution in [0.5, 0.6) is 0 Å². The molecule has 0 spiro atoms. The second-order valence-corrected chi connectivity index (χ2v) is 5.94. The van der Waals surface area contributed by atoms with Crippen molar-refractivity contribution in [2.24, 2.45) is 0 Å². The number of rotatable bonds is 1. The molecule has 3 fully saturated rings. The van der Waals surface area contributed by atoms with Crippen LogP contribution in [0.1, 0.15) is 27.7 Å². The van der Waals surface area contributed by atoms with Gasteiger partial charge in [-0.2, -0.15) is 0 Å². The van der Waals surface area contributed by atoms with E-state index in [1.165, 1.54) is 0 Å². The molecule has 4 unspecified atom stereocenters. The molecule has 0 amide bonds. The molecule has 3 heterocycles. The Hall–Kier alpha value is 0.270. The Labute approximate surface area is 139 Å². The topological polar surface area (TPSA) is 86.3 Å². The molecule has 3 saturated heterocycles. The van der Waals surface area contributed by atoms with Gasteiger partial charge in [0, 0.05) is 0 Å². The SMILES string of the molecule is CC1(C)OCC2OC3(C(=O)[O-])OC(C)(C)OC3C2O1.[Na+]. The number of ether oxygens (including phenoxy) is 5. The molecule has 108 valence electrons. The summed E-state index contributed by atoms with van der Waals surface area (Å²) >= 11 is 0. The van der Waals surface area contributed by atoms with Gasteiger partial charge in [-0.3, -0.25) is 0 Å². The Kier molecular flexibility index (Phi) is 4.07. The third-order valence-corrected chi connectivity index (χ3v) is 3.47. The number of hydrogen-bond donors (Lipinski definition) is 0. The largest absolute Gasteiger partial charge is 1.00 e. The van der Waals surface area contributed by atoms with Gasteiger partial charge in [0.1, 0.15) is 24.3 Å². The number of hydrogen-bond acceptors (Lipinski definition) is 7. The van der Waals surface area contributed by atoms with Crippen LogP contribution in [0.25, 0.3) is 0 Å². The van der Waals surface area contributed by atoms with Crippen LogP contribution in [0.4, 0.5) is 0 Å². The number of carboxylic acid groups (broad SMARTS) is 1. The van der Waals surface area contributed by atoms with Gasteiger partial charge in [-0.15, -0.1) is 0 Å². The van der Waals surface area contributed by atoms with E-state index in [4.69, 9.17) is 23.7 Å². The number of aliphatic carboxylic acids is 1. The van der Waals surface area contributed by atoms with E-state index >= 15 is 0 Å². The van der Waals surface area contributed by atoms with Crippen LogP contribution in [0.2, 0.25) is 0 Å². The third kappa shape index (κ3) is 2.44. The van der Waals surface area contributed by atoms with Gasteiger partial charge in [0.25, 0.3) is 0 Å². The number of carboxylic acids is 1. The first-order valence-electron chi connectivity index (χ1n) is 6.24. The zero-order chi connectivity index (χ0) is 14.1. The second-order valence-electron chi connectivity index (χ2n) is 5.94. The van der Waals surface area contributed by atoms with E-state index < -0.39 is 41.6 Å². The van der Waals surface area contributed by atoms with Crippen molar-refractivity contribution in [2.75, 3.05) is 6.61 Å². The molecule has 7 nitrogen and oxygen atoms in total. The standard InChI is InChI=1S/C12H18O7.Na/c1-10(2)15-5-6-7(17-10)8-12(16-6,9(13)14)19-11(3,4)18-8;/h6-8H,5H2,1-4H3,(H,13,14);/q;+1/p-1. The molecule has 0 saturated carbocycles. The predicted molar refractivity (Wildman–Crippen MR) is 57.6 cm³/mol. The third-order valence-electron chi connectivity index (χ3n) is 3.47. The van der Waals surface area contributed by atoms with E-state index in [2.05, 4.69) is 0 Å². The van der Waals surface area contributed by atoms with Crippen molar-refractivity contribution in [3.63, 3.8) is 0 Å². The summed E-state index contributed by atoms with van der Waals surface area (Å²) in [4.78, 5) is 11.5. The van der Waals surface area contributed by atoms with Gasteiger partial charge in [0.2, 0.25) is 5.79 Å². The zero-order valence-corrected chi connectivity index (χ0v) is 14.3. The van der Waals surface area contributed by atoms with Crippen molar-refractivity contribution < 1.29 is 63.1 Å². The summed E-state index contributed by atoms with van der Waals surface area (Å²) in [7, 11) is 0. The van der Waals surface area contributed by atoms with Crippen LogP contribution in [0, 0.1) is 0 Å². The second kappa shape index (κ2) is 4.89. The molecule has 0 aromatic rings. The molecule has 0 N–H and O–H groups in total. The van der Waals surface area contributed by atoms with Crippen molar-refractivity contribution in [3.8, 4) is 0 Å². The van der Waals surface area contributed by atoms with Crippen LogP contribution in [-0.4, -0.2) is 48.2 Å². The fourth-order valence-electron chi connectivity index (χ4n) is 2.81. The van der Waals surface area contributed by atoms with Crippen molar-refractivity contribution in [3.05, 3.63) is 0 Å². The van der Waals surface area contributed by atoms with Crippen LogP contribution >= 0.6 is 0 Å². The minimum Gasteiger partial charge on any atom is -0.544 e. The summed E-state index contributed by atoms with van der Waals surface area (Å²) in [5, 5.41) is 11.5. The summed E-state index contributed by atoms with van der Waals surface area (Å²) in [6.07, 6.45) is -1.99. The van der Waals surface area contributed by atoms with E-state index in [0.717, 1.165) is 0 Å². The van der Waals surface area contributed by atoms with Gasteiger partial charge in [-0.05, 0) is 27.7 Å². The summed E-state index contributed by atoms with van der Waals surface area (Å²) in [6, 6.07) is 0. The minimum atomic E-state index is -1.93. The van der Waals surface area contributed by atoms with E-state index in [1.807, 2.05) is 0 Å². The summed E-state index contributed by atoms with van der Waals surface area (Å²) in [5.41, 5.74) is 0. The van der Waals surface area contributed by atoms with Gasteiger partial charge in [0.05, 0.1) is 6.61 Å². The maximum Gasteiger partial charge on any atom is 1.00 e. The summed E-state index contributed by atoms with van der Waals surface area (Å²) in [5.74, 6) is -5.27. The molecular formula is C12H17NaO7. The molecule has 3 aliphatic rings. The summed E-state index contributed by atoms with van der Waals surface area (Å²) < 4.78 is 27.8. The molecule has 20 heavy (non-hydrogen) atoms. The van der Waals surface area contributed by atoms with E-state index in [0.29, 0.717) is 0 Å². The maximum atomic E-state index is 11.5. The number of carbonyl (C=O) groups excluding carboxylic acids is 1. The monoisotopic (exact) mass is 296 g/mol. The van der Waals surface area contributed by atoms with Gasteiger partial charge < -0.3 is 33.6 Å². The molecule has 4 atom stereocenters. The van der Waals surface area contributed by atoms with Crippen LogP contribution in [0.3, 0.4) is 0 Å². The molecule has 0 aromatic carbocycles. The smallest absolute Gasteiger partial charge is 0.544 e. The number of fused-ring (bicyclic) bond motifs is 3. The first kappa shape index (κ1) is 16.6. The van der Waals surface area contributed by atoms with Crippen molar-refractivity contribution >= 4 is 5.97 Å². The predicted octanol–water partition coefficient (Wildman–Crippen LogP) is -3.86. The molecule has 0 aliphatic carbocycles. The van der Waals surface area contributed by atoms with Crippen LogP contribution < -0.4 is 34.7 Å². The Morgan fingerprint density at radius 2 is 1.75 bits per heavy atom. The van der Waals surface area contributed by atoms with Gasteiger partial charge in [-0.1, -0.05) is 0 Å². The Morgan fingerprint density at radius 3 is 2.35 bits per heavy atom. The Bertz CT molecular complexity index is 424. The van der Waals surface area contributed by atoms with E-state index in [1.54, 1.807) is 27.7 Å².